The molecule has 0 aliphatic heterocycles. The topological polar surface area (TPSA) is 53.1 Å². The van der Waals surface area contributed by atoms with Gasteiger partial charge in [-0.25, -0.2) is 0 Å². The lowest BCUT2D eigenvalue weighted by atomic mass is 10.1. The molecule has 6 heteroatoms. The molecule has 2 unspecified atom stereocenters. The number of aryl methyl sites for hydroxylation is 1. The fourth-order valence-corrected chi connectivity index (χ4v) is 2.09. The molecular formula is C13H15Cl2N3O. The molecule has 0 aliphatic rings. The molecule has 0 aliphatic carbocycles. The Morgan fingerprint density at radius 3 is 2.68 bits per heavy atom. The van der Waals surface area contributed by atoms with Crippen LogP contribution in [0, 0.1) is 0 Å². The normalized spacial score (nSPS) is 14.2. The van der Waals surface area contributed by atoms with Crippen LogP contribution < -0.4 is 10.5 Å². The van der Waals surface area contributed by atoms with Gasteiger partial charge in [0.25, 0.3) is 0 Å². The Bertz CT molecular complexity index is 569. The maximum atomic E-state index is 6.09. The second kappa shape index (κ2) is 5.82. The van der Waals surface area contributed by atoms with E-state index in [1.54, 1.807) is 29.1 Å². The number of nitrogens with zero attached hydrogens (tertiary/aromatic N) is 2. The highest BCUT2D eigenvalue weighted by atomic mass is 35.5. The summed E-state index contributed by atoms with van der Waals surface area (Å²) < 4.78 is 7.59. The Kier molecular flexibility index (Phi) is 4.34. The minimum atomic E-state index is -0.329. The summed E-state index contributed by atoms with van der Waals surface area (Å²) in [6, 6.07) is 4.87. The van der Waals surface area contributed by atoms with Crippen LogP contribution in [0.4, 0.5) is 0 Å². The smallest absolute Gasteiger partial charge is 0.142 e. The van der Waals surface area contributed by atoms with E-state index < -0.39 is 0 Å². The van der Waals surface area contributed by atoms with Gasteiger partial charge in [-0.1, -0.05) is 23.2 Å². The van der Waals surface area contributed by atoms with Crippen molar-refractivity contribution >= 4 is 23.2 Å². The first-order valence-corrected chi connectivity index (χ1v) is 6.59. The van der Waals surface area contributed by atoms with Gasteiger partial charge in [0, 0.05) is 35.9 Å². The van der Waals surface area contributed by atoms with Crippen LogP contribution in [-0.4, -0.2) is 15.8 Å². The van der Waals surface area contributed by atoms with Crippen molar-refractivity contribution in [3.8, 4) is 5.75 Å². The monoisotopic (exact) mass is 299 g/mol. The minimum Gasteiger partial charge on any atom is -0.482 e. The van der Waals surface area contributed by atoms with E-state index in [0.29, 0.717) is 15.8 Å². The molecular weight excluding hydrogens is 285 g/mol. The average molecular weight is 300 g/mol. The van der Waals surface area contributed by atoms with Gasteiger partial charge in [0.05, 0.1) is 11.2 Å². The molecule has 2 rings (SSSR count). The van der Waals surface area contributed by atoms with Crippen LogP contribution in [0.1, 0.15) is 18.6 Å². The predicted octanol–water partition coefficient (Wildman–Crippen LogP) is 3.19. The van der Waals surface area contributed by atoms with Crippen LogP contribution in [0.5, 0.6) is 5.75 Å². The maximum absolute atomic E-state index is 6.09. The quantitative estimate of drug-likeness (QED) is 0.943. The highest BCUT2D eigenvalue weighted by Gasteiger charge is 2.21. The van der Waals surface area contributed by atoms with E-state index in [1.165, 1.54) is 0 Å². The highest BCUT2D eigenvalue weighted by Crippen LogP contribution is 2.32. The van der Waals surface area contributed by atoms with Gasteiger partial charge in [0.1, 0.15) is 11.9 Å². The largest absolute Gasteiger partial charge is 0.482 e. The Morgan fingerprint density at radius 1 is 1.37 bits per heavy atom. The zero-order valence-corrected chi connectivity index (χ0v) is 12.2. The van der Waals surface area contributed by atoms with Crippen molar-refractivity contribution in [1.29, 1.82) is 0 Å². The molecule has 102 valence electrons. The molecule has 4 nitrogen and oxygen atoms in total. The van der Waals surface area contributed by atoms with Crippen molar-refractivity contribution in [2.45, 2.75) is 19.1 Å². The molecule has 19 heavy (non-hydrogen) atoms. The number of nitrogens with two attached hydrogens (primary N) is 1. The first kappa shape index (κ1) is 14.2. The van der Waals surface area contributed by atoms with Crippen LogP contribution in [0.2, 0.25) is 10.0 Å². The van der Waals surface area contributed by atoms with Gasteiger partial charge in [-0.3, -0.25) is 4.68 Å². The van der Waals surface area contributed by atoms with E-state index in [9.17, 15) is 0 Å². The van der Waals surface area contributed by atoms with Gasteiger partial charge in [0.15, 0.2) is 0 Å². The van der Waals surface area contributed by atoms with Gasteiger partial charge in [0.2, 0.25) is 0 Å². The number of ether oxygens (including phenoxy) is 1. The molecule has 0 spiro atoms. The summed E-state index contributed by atoms with van der Waals surface area (Å²) in [6.07, 6.45) is 3.27. The summed E-state index contributed by atoms with van der Waals surface area (Å²) in [4.78, 5) is 0. The third-order valence-corrected chi connectivity index (χ3v) is 3.23. The van der Waals surface area contributed by atoms with Crippen molar-refractivity contribution in [3.63, 3.8) is 0 Å². The Hall–Kier alpha value is -1.23. The minimum absolute atomic E-state index is 0.209. The fourth-order valence-electron chi connectivity index (χ4n) is 1.77. The summed E-state index contributed by atoms with van der Waals surface area (Å²) in [5.74, 6) is 0.514. The van der Waals surface area contributed by atoms with E-state index in [2.05, 4.69) is 5.10 Å². The van der Waals surface area contributed by atoms with Crippen LogP contribution in [0.25, 0.3) is 0 Å². The summed E-state index contributed by atoms with van der Waals surface area (Å²) >= 11 is 12.0. The molecule has 1 heterocycles. The molecule has 2 aromatic rings. The molecule has 2 N–H and O–H groups in total. The number of hydrogen-bond acceptors (Lipinski definition) is 3. The maximum Gasteiger partial charge on any atom is 0.142 e. The van der Waals surface area contributed by atoms with Crippen molar-refractivity contribution in [1.82, 2.24) is 9.78 Å². The van der Waals surface area contributed by atoms with Gasteiger partial charge in [-0.2, -0.15) is 5.10 Å². The lowest BCUT2D eigenvalue weighted by Gasteiger charge is -2.22. The second-order valence-electron chi connectivity index (χ2n) is 4.42. The van der Waals surface area contributed by atoms with Crippen LogP contribution in [0.3, 0.4) is 0 Å². The Labute approximate surface area is 122 Å². The third kappa shape index (κ3) is 3.41. The third-order valence-electron chi connectivity index (χ3n) is 2.68. The Morgan fingerprint density at radius 2 is 2.11 bits per heavy atom. The molecule has 0 fully saturated rings. The number of benzene rings is 1. The number of rotatable bonds is 4. The molecule has 0 saturated carbocycles. The van der Waals surface area contributed by atoms with Crippen molar-refractivity contribution in [2.75, 3.05) is 0 Å². The van der Waals surface area contributed by atoms with Gasteiger partial charge < -0.3 is 10.5 Å². The van der Waals surface area contributed by atoms with E-state index in [4.69, 9.17) is 33.7 Å². The van der Waals surface area contributed by atoms with E-state index in [0.717, 1.165) is 5.56 Å². The summed E-state index contributed by atoms with van der Waals surface area (Å²) in [5, 5.41) is 5.19. The first-order chi connectivity index (χ1) is 8.97. The zero-order chi connectivity index (χ0) is 14.0. The molecule has 0 saturated heterocycles. The zero-order valence-electron chi connectivity index (χ0n) is 10.7. The van der Waals surface area contributed by atoms with E-state index in [1.807, 2.05) is 20.2 Å². The Balaban J connectivity index is 2.29. The number of hydrogen-bond donors (Lipinski definition) is 1. The molecule has 2 atom stereocenters. The standard InChI is InChI=1S/C13H15Cl2N3O/c1-8(16)13(9-6-17-18(2)7-9)19-12-5-10(14)3-4-11(12)15/h3-8,13H,16H2,1-2H3. The molecule has 1 aromatic carbocycles. The lowest BCUT2D eigenvalue weighted by Crippen LogP contribution is -2.28. The van der Waals surface area contributed by atoms with Crippen molar-refractivity contribution in [2.24, 2.45) is 12.8 Å². The average Bonchev–Trinajstić information content (AvgIpc) is 2.76. The number of aromatic nitrogens is 2. The molecule has 0 radical (unpaired) electrons. The van der Waals surface area contributed by atoms with Crippen molar-refractivity contribution in [3.05, 3.63) is 46.2 Å². The first-order valence-electron chi connectivity index (χ1n) is 5.83. The van der Waals surface area contributed by atoms with Crippen molar-refractivity contribution < 1.29 is 4.74 Å². The van der Waals surface area contributed by atoms with Gasteiger partial charge in [-0.15, -0.1) is 0 Å². The lowest BCUT2D eigenvalue weighted by molar-refractivity contribution is 0.180. The fraction of sp³-hybridized carbons (Fsp3) is 0.308. The number of halogens is 2. The van der Waals surface area contributed by atoms with Crippen LogP contribution in [0.15, 0.2) is 30.6 Å². The summed E-state index contributed by atoms with van der Waals surface area (Å²) in [7, 11) is 1.84. The van der Waals surface area contributed by atoms with Crippen LogP contribution in [-0.2, 0) is 7.05 Å². The second-order valence-corrected chi connectivity index (χ2v) is 5.26. The summed E-state index contributed by atoms with van der Waals surface area (Å²) in [6.45, 7) is 1.87. The summed E-state index contributed by atoms with van der Waals surface area (Å²) in [5.41, 5.74) is 6.87. The molecule has 0 amide bonds. The van der Waals surface area contributed by atoms with Gasteiger partial charge >= 0.3 is 0 Å². The molecule has 0 bridgehead atoms. The van der Waals surface area contributed by atoms with E-state index >= 15 is 0 Å². The van der Waals surface area contributed by atoms with Crippen LogP contribution >= 0.6 is 23.2 Å². The SMILES string of the molecule is CC(N)C(Oc1cc(Cl)ccc1Cl)c1cnn(C)c1. The van der Waals surface area contributed by atoms with Gasteiger partial charge in [-0.05, 0) is 19.1 Å². The molecule has 1 aromatic heterocycles. The predicted molar refractivity (Wildman–Crippen MR) is 76.7 cm³/mol. The van der Waals surface area contributed by atoms with E-state index in [-0.39, 0.29) is 12.1 Å². The highest BCUT2D eigenvalue weighted by molar-refractivity contribution is 6.34.